The van der Waals surface area contributed by atoms with Gasteiger partial charge in [-0.2, -0.15) is 0 Å². The average Bonchev–Trinajstić information content (AvgIpc) is 3.01. The highest BCUT2D eigenvalue weighted by Gasteiger charge is 2.29. The molecular formula is C15H23NO4. The maximum absolute atomic E-state index is 5.51. The minimum atomic E-state index is 0.173. The highest BCUT2D eigenvalue weighted by Crippen LogP contribution is 2.40. The molecule has 2 atom stereocenters. The average molecular weight is 281 g/mol. The molecule has 112 valence electrons. The van der Waals surface area contributed by atoms with Gasteiger partial charge in [0.05, 0.1) is 27.9 Å². The smallest absolute Gasteiger partial charge is 0.164 e. The van der Waals surface area contributed by atoms with E-state index in [0.29, 0.717) is 17.4 Å². The Balaban J connectivity index is 2.41. The minimum Gasteiger partial charge on any atom is -0.496 e. The Bertz CT molecular complexity index is 444. The number of hydrogen-bond acceptors (Lipinski definition) is 5. The summed E-state index contributed by atoms with van der Waals surface area (Å²) >= 11 is 0. The van der Waals surface area contributed by atoms with Gasteiger partial charge in [-0.25, -0.2) is 0 Å². The van der Waals surface area contributed by atoms with Crippen LogP contribution in [0.2, 0.25) is 0 Å². The van der Waals surface area contributed by atoms with Crippen LogP contribution in [0.4, 0.5) is 0 Å². The molecule has 5 heteroatoms. The minimum absolute atomic E-state index is 0.173. The zero-order chi connectivity index (χ0) is 14.5. The molecular weight excluding hydrogens is 258 g/mol. The summed E-state index contributed by atoms with van der Waals surface area (Å²) in [5, 5.41) is 3.37. The van der Waals surface area contributed by atoms with Crippen LogP contribution in [0.25, 0.3) is 0 Å². The van der Waals surface area contributed by atoms with E-state index in [1.165, 1.54) is 0 Å². The molecule has 0 radical (unpaired) electrons. The lowest BCUT2D eigenvalue weighted by Gasteiger charge is -2.25. The summed E-state index contributed by atoms with van der Waals surface area (Å²) in [5.41, 5.74) is 1.07. The molecule has 2 rings (SSSR count). The van der Waals surface area contributed by atoms with E-state index in [1.54, 1.807) is 21.3 Å². The molecule has 20 heavy (non-hydrogen) atoms. The summed E-state index contributed by atoms with van der Waals surface area (Å²) in [6.45, 7) is 1.58. The fourth-order valence-electron chi connectivity index (χ4n) is 2.76. The number of methoxy groups -OCH3 is 3. The second kappa shape index (κ2) is 6.81. The summed E-state index contributed by atoms with van der Waals surface area (Å²) in [7, 11) is 6.89. The zero-order valence-electron chi connectivity index (χ0n) is 12.6. The molecule has 0 amide bonds. The maximum Gasteiger partial charge on any atom is 0.164 e. The Kier molecular flexibility index (Phi) is 5.09. The highest BCUT2D eigenvalue weighted by atomic mass is 16.5. The van der Waals surface area contributed by atoms with E-state index >= 15 is 0 Å². The molecule has 0 aromatic heterocycles. The number of hydrogen-bond donors (Lipinski definition) is 1. The molecule has 0 aliphatic carbocycles. The van der Waals surface area contributed by atoms with Crippen molar-refractivity contribution in [3.63, 3.8) is 0 Å². The summed E-state index contributed by atoms with van der Waals surface area (Å²) < 4.78 is 21.7. The fraction of sp³-hybridized carbons (Fsp3) is 0.600. The summed E-state index contributed by atoms with van der Waals surface area (Å²) in [4.78, 5) is 0. The lowest BCUT2D eigenvalue weighted by atomic mass is 9.91. The Morgan fingerprint density at radius 1 is 1.10 bits per heavy atom. The first-order chi connectivity index (χ1) is 9.74. The zero-order valence-corrected chi connectivity index (χ0v) is 12.6. The van der Waals surface area contributed by atoms with Gasteiger partial charge in [0.1, 0.15) is 5.75 Å². The van der Waals surface area contributed by atoms with Crippen molar-refractivity contribution in [1.29, 1.82) is 0 Å². The molecule has 1 N–H and O–H groups in total. The third kappa shape index (κ3) is 2.83. The van der Waals surface area contributed by atoms with Crippen LogP contribution in [0.3, 0.4) is 0 Å². The van der Waals surface area contributed by atoms with Crippen molar-refractivity contribution >= 4 is 0 Å². The predicted molar refractivity (Wildman–Crippen MR) is 76.8 cm³/mol. The monoisotopic (exact) mass is 281 g/mol. The van der Waals surface area contributed by atoms with Gasteiger partial charge in [-0.15, -0.1) is 0 Å². The van der Waals surface area contributed by atoms with Crippen LogP contribution in [0.15, 0.2) is 12.1 Å². The van der Waals surface area contributed by atoms with E-state index in [-0.39, 0.29) is 6.04 Å². The maximum atomic E-state index is 5.51. The normalized spacial score (nSPS) is 19.7. The Labute approximate surface area is 120 Å². The predicted octanol–water partition coefficient (Wildman–Crippen LogP) is 2.01. The van der Waals surface area contributed by atoms with Crippen LogP contribution in [0.5, 0.6) is 17.2 Å². The molecule has 0 bridgehead atoms. The Morgan fingerprint density at radius 2 is 1.75 bits per heavy atom. The molecule has 1 aromatic carbocycles. The molecule has 0 saturated carbocycles. The lowest BCUT2D eigenvalue weighted by molar-refractivity contribution is 0.177. The quantitative estimate of drug-likeness (QED) is 0.864. The lowest BCUT2D eigenvalue weighted by Crippen LogP contribution is -2.26. The van der Waals surface area contributed by atoms with Gasteiger partial charge in [0.2, 0.25) is 0 Å². The first-order valence-corrected chi connectivity index (χ1v) is 6.80. The second-order valence-corrected chi connectivity index (χ2v) is 4.84. The molecule has 0 spiro atoms. The van der Waals surface area contributed by atoms with Crippen molar-refractivity contribution in [3.05, 3.63) is 17.7 Å². The van der Waals surface area contributed by atoms with Crippen molar-refractivity contribution in [2.75, 3.05) is 41.6 Å². The van der Waals surface area contributed by atoms with Gasteiger partial charge >= 0.3 is 0 Å². The number of rotatable bonds is 6. The van der Waals surface area contributed by atoms with Crippen molar-refractivity contribution in [3.8, 4) is 17.2 Å². The van der Waals surface area contributed by atoms with Crippen molar-refractivity contribution in [2.24, 2.45) is 5.92 Å². The molecule has 1 heterocycles. The fourth-order valence-corrected chi connectivity index (χ4v) is 2.76. The standard InChI is InChI=1S/C15H23NO4/c1-16-15(10-5-6-20-9-10)11-7-13(18-3)14(19-4)8-12(11)17-2/h7-8,10,15-16H,5-6,9H2,1-4H3. The van der Waals surface area contributed by atoms with Crippen molar-refractivity contribution in [1.82, 2.24) is 5.32 Å². The molecule has 5 nitrogen and oxygen atoms in total. The third-order valence-electron chi connectivity index (χ3n) is 3.82. The molecule has 1 aromatic rings. The number of benzene rings is 1. The molecule has 2 unspecified atom stereocenters. The van der Waals surface area contributed by atoms with Crippen LogP contribution in [-0.4, -0.2) is 41.6 Å². The van der Waals surface area contributed by atoms with Gasteiger partial charge in [-0.3, -0.25) is 0 Å². The molecule has 1 fully saturated rings. The van der Waals surface area contributed by atoms with E-state index in [9.17, 15) is 0 Å². The summed E-state index contributed by atoms with van der Waals surface area (Å²) in [5.74, 6) is 2.62. The third-order valence-corrected chi connectivity index (χ3v) is 3.82. The van der Waals surface area contributed by atoms with Gasteiger partial charge in [0.15, 0.2) is 11.5 Å². The second-order valence-electron chi connectivity index (χ2n) is 4.84. The van der Waals surface area contributed by atoms with Gasteiger partial charge < -0.3 is 24.3 Å². The van der Waals surface area contributed by atoms with Crippen LogP contribution in [0.1, 0.15) is 18.0 Å². The van der Waals surface area contributed by atoms with E-state index in [4.69, 9.17) is 18.9 Å². The van der Waals surface area contributed by atoms with E-state index in [2.05, 4.69) is 5.32 Å². The molecule has 1 aliphatic rings. The first-order valence-electron chi connectivity index (χ1n) is 6.80. The van der Waals surface area contributed by atoms with E-state index in [1.807, 2.05) is 19.2 Å². The number of nitrogens with one attached hydrogen (secondary N) is 1. The van der Waals surface area contributed by atoms with Gasteiger partial charge in [0, 0.05) is 30.2 Å². The van der Waals surface area contributed by atoms with E-state index < -0.39 is 0 Å². The summed E-state index contributed by atoms with van der Waals surface area (Å²) in [6.07, 6.45) is 1.04. The van der Waals surface area contributed by atoms with E-state index in [0.717, 1.165) is 30.9 Å². The van der Waals surface area contributed by atoms with Crippen molar-refractivity contribution in [2.45, 2.75) is 12.5 Å². The van der Waals surface area contributed by atoms with Gasteiger partial charge in [-0.1, -0.05) is 0 Å². The molecule has 1 saturated heterocycles. The van der Waals surface area contributed by atoms with Crippen LogP contribution in [0, 0.1) is 5.92 Å². The number of ether oxygens (including phenoxy) is 4. The molecule has 1 aliphatic heterocycles. The highest BCUT2D eigenvalue weighted by molar-refractivity contribution is 5.52. The first kappa shape index (κ1) is 14.9. The van der Waals surface area contributed by atoms with Crippen LogP contribution < -0.4 is 19.5 Å². The SMILES string of the molecule is CNC(c1cc(OC)c(OC)cc1OC)C1CCOC1. The van der Waals surface area contributed by atoms with Gasteiger partial charge in [-0.05, 0) is 19.5 Å². The van der Waals surface area contributed by atoms with Crippen LogP contribution in [-0.2, 0) is 4.74 Å². The summed E-state index contributed by atoms with van der Waals surface area (Å²) in [6, 6.07) is 4.03. The Hall–Kier alpha value is -1.46. The largest absolute Gasteiger partial charge is 0.496 e. The topological polar surface area (TPSA) is 49.0 Å². The van der Waals surface area contributed by atoms with Gasteiger partial charge in [0.25, 0.3) is 0 Å². The van der Waals surface area contributed by atoms with Crippen molar-refractivity contribution < 1.29 is 18.9 Å². The van der Waals surface area contributed by atoms with Crippen LogP contribution >= 0.6 is 0 Å². The Morgan fingerprint density at radius 3 is 2.25 bits per heavy atom.